The van der Waals surface area contributed by atoms with Gasteiger partial charge in [-0.05, 0) is 50.5 Å². The zero-order valence-corrected chi connectivity index (χ0v) is 25.3. The Labute approximate surface area is 241 Å². The molecular weight excluding hydrogens is 582 g/mol. The molecule has 2 rings (SSSR count). The van der Waals surface area contributed by atoms with Gasteiger partial charge in [-0.3, -0.25) is 4.79 Å². The third-order valence-electron chi connectivity index (χ3n) is 4.56. The Bertz CT molecular complexity index is 925. The Morgan fingerprint density at radius 3 is 1.51 bits per heavy atom. The molecule has 37 heavy (non-hydrogen) atoms. The fourth-order valence-corrected chi connectivity index (χ4v) is 4.74. The summed E-state index contributed by atoms with van der Waals surface area (Å²) in [5, 5.41) is 0. The summed E-state index contributed by atoms with van der Waals surface area (Å²) in [4.78, 5) is 15.3. The first-order valence-electron chi connectivity index (χ1n) is 11.4. The predicted molar refractivity (Wildman–Crippen MR) is 155 cm³/mol. The van der Waals surface area contributed by atoms with Crippen LogP contribution in [0.2, 0.25) is 0 Å². The van der Waals surface area contributed by atoms with Crippen molar-refractivity contribution in [2.24, 2.45) is 0 Å². The van der Waals surface area contributed by atoms with Crippen molar-refractivity contribution in [1.82, 2.24) is 9.80 Å². The molecule has 0 atom stereocenters. The average Bonchev–Trinajstić information content (AvgIpc) is 2.86. The van der Waals surface area contributed by atoms with E-state index in [0.29, 0.717) is 35.0 Å². The highest BCUT2D eigenvalue weighted by atomic mass is 35.5. The van der Waals surface area contributed by atoms with Crippen molar-refractivity contribution in [2.75, 3.05) is 76.7 Å². The zero-order chi connectivity index (χ0) is 28.1. The van der Waals surface area contributed by atoms with Gasteiger partial charge in [-0.25, -0.2) is 8.42 Å². The van der Waals surface area contributed by atoms with Crippen LogP contribution in [0.15, 0.2) is 59.5 Å². The first-order chi connectivity index (χ1) is 17.6. The second-order valence-electron chi connectivity index (χ2n) is 7.58. The molecule has 2 aromatic rings. The molecule has 0 saturated heterocycles. The van der Waals surface area contributed by atoms with E-state index in [4.69, 9.17) is 51.1 Å². The molecule has 0 saturated carbocycles. The number of benzene rings is 2. The van der Waals surface area contributed by atoms with Crippen LogP contribution in [0.4, 0.5) is 0 Å². The van der Waals surface area contributed by atoms with Crippen LogP contribution in [0, 0.1) is 0 Å². The number of carbonyl (C=O) groups excluding carboxylic acids is 1. The number of methoxy groups -OCH3 is 1. The van der Waals surface area contributed by atoms with Gasteiger partial charge in [0.25, 0.3) is 0 Å². The molecule has 0 unspecified atom stereocenters. The number of halogens is 4. The largest absolute Gasteiger partial charge is 0.468 e. The van der Waals surface area contributed by atoms with Crippen LogP contribution in [-0.2, 0) is 19.4 Å². The normalized spacial score (nSPS) is 10.7. The molecule has 0 radical (unpaired) electrons. The molecular formula is C25H36Cl4N2O5S. The predicted octanol–water partition coefficient (Wildman–Crippen LogP) is 5.22. The van der Waals surface area contributed by atoms with Crippen LogP contribution in [0.3, 0.4) is 0 Å². The van der Waals surface area contributed by atoms with Crippen molar-refractivity contribution < 1.29 is 22.7 Å². The van der Waals surface area contributed by atoms with Gasteiger partial charge < -0.3 is 19.3 Å². The Morgan fingerprint density at radius 1 is 0.730 bits per heavy atom. The minimum Gasteiger partial charge on any atom is -0.468 e. The van der Waals surface area contributed by atoms with E-state index in [1.165, 1.54) is 24.3 Å². The van der Waals surface area contributed by atoms with Crippen LogP contribution >= 0.6 is 46.4 Å². The molecule has 2 aromatic carbocycles. The van der Waals surface area contributed by atoms with Crippen LogP contribution in [0.1, 0.15) is 0 Å². The van der Waals surface area contributed by atoms with Gasteiger partial charge in [0.05, 0.1) is 12.0 Å². The molecule has 0 aliphatic carbocycles. The number of ether oxygens (including phenoxy) is 2. The van der Waals surface area contributed by atoms with Gasteiger partial charge in [-0.1, -0.05) is 18.2 Å². The molecule has 0 aliphatic heterocycles. The summed E-state index contributed by atoms with van der Waals surface area (Å²) >= 11 is 21.8. The molecule has 0 heterocycles. The van der Waals surface area contributed by atoms with E-state index in [1.54, 1.807) is 12.1 Å². The van der Waals surface area contributed by atoms with E-state index >= 15 is 0 Å². The number of para-hydroxylation sites is 1. The lowest BCUT2D eigenvalue weighted by atomic mass is 10.3. The highest BCUT2D eigenvalue weighted by Crippen LogP contribution is 2.23. The van der Waals surface area contributed by atoms with Crippen molar-refractivity contribution in [1.29, 1.82) is 0 Å². The highest BCUT2D eigenvalue weighted by Gasteiger charge is 2.19. The Kier molecular flexibility index (Phi) is 20.9. The number of hydrogen-bond donors (Lipinski definition) is 0. The van der Waals surface area contributed by atoms with Crippen molar-refractivity contribution in [2.45, 2.75) is 4.90 Å². The molecule has 0 bridgehead atoms. The summed E-state index contributed by atoms with van der Waals surface area (Å²) in [6, 6.07) is 15.0. The van der Waals surface area contributed by atoms with Gasteiger partial charge in [0.15, 0.2) is 15.6 Å². The van der Waals surface area contributed by atoms with Gasteiger partial charge >= 0.3 is 5.97 Å². The van der Waals surface area contributed by atoms with Crippen LogP contribution in [0.5, 0.6) is 11.5 Å². The molecule has 0 aromatic heterocycles. The number of nitrogens with zero attached hydrogens (tertiary/aromatic N) is 2. The summed E-state index contributed by atoms with van der Waals surface area (Å²) in [5.41, 5.74) is 0. The first kappa shape index (κ1) is 35.7. The molecule has 210 valence electrons. The van der Waals surface area contributed by atoms with Crippen LogP contribution < -0.4 is 4.74 Å². The summed E-state index contributed by atoms with van der Waals surface area (Å²) in [7, 11) is 1.47. The smallest absolute Gasteiger partial charge is 0.321 e. The lowest BCUT2D eigenvalue weighted by molar-refractivity contribution is -0.137. The fourth-order valence-electron chi connectivity index (χ4n) is 2.44. The maximum Gasteiger partial charge on any atom is 0.321 e. The average molecular weight is 618 g/mol. The maximum absolute atomic E-state index is 11.9. The quantitative estimate of drug-likeness (QED) is 0.225. The van der Waals surface area contributed by atoms with Gasteiger partial charge in [0.1, 0.15) is 11.5 Å². The topological polar surface area (TPSA) is 76.2 Å². The van der Waals surface area contributed by atoms with Crippen molar-refractivity contribution in [3.05, 3.63) is 54.6 Å². The lowest BCUT2D eigenvalue weighted by Gasteiger charge is -2.11. The van der Waals surface area contributed by atoms with Crippen molar-refractivity contribution >= 4 is 62.2 Å². The van der Waals surface area contributed by atoms with E-state index in [9.17, 15) is 13.2 Å². The number of rotatable bonds is 13. The van der Waals surface area contributed by atoms with Crippen LogP contribution in [-0.4, -0.2) is 101 Å². The van der Waals surface area contributed by atoms with E-state index in [0.717, 1.165) is 33.3 Å². The summed E-state index contributed by atoms with van der Waals surface area (Å²) in [6.07, 6.45) is 0. The lowest BCUT2D eigenvalue weighted by Crippen LogP contribution is -2.22. The Hall–Kier alpha value is -1.26. The van der Waals surface area contributed by atoms with Gasteiger partial charge in [0, 0.05) is 49.7 Å². The summed E-state index contributed by atoms with van der Waals surface area (Å²) < 4.78 is 33.8. The number of alkyl halides is 4. The van der Waals surface area contributed by atoms with Crippen molar-refractivity contribution in [3.8, 4) is 11.5 Å². The van der Waals surface area contributed by atoms with Crippen molar-refractivity contribution in [3.63, 3.8) is 0 Å². The van der Waals surface area contributed by atoms with Gasteiger partial charge in [-0.2, -0.15) is 0 Å². The van der Waals surface area contributed by atoms with E-state index in [2.05, 4.69) is 14.5 Å². The molecule has 0 aliphatic rings. The second-order valence-corrected chi connectivity index (χ2v) is 11.1. The second kappa shape index (κ2) is 21.6. The fraction of sp³-hybridized carbons (Fsp3) is 0.480. The molecule has 0 amide bonds. The summed E-state index contributed by atoms with van der Waals surface area (Å²) in [6.45, 7) is 3.70. The minimum atomic E-state index is -3.69. The third-order valence-corrected chi connectivity index (χ3v) is 6.84. The third kappa shape index (κ3) is 17.8. The Morgan fingerprint density at radius 2 is 1.14 bits per heavy atom. The number of hydrogen-bond acceptors (Lipinski definition) is 7. The number of sulfone groups is 1. The monoisotopic (exact) mass is 616 g/mol. The molecule has 0 fully saturated rings. The van der Waals surface area contributed by atoms with E-state index in [-0.39, 0.29) is 4.90 Å². The zero-order valence-electron chi connectivity index (χ0n) is 21.4. The number of carbonyl (C=O) groups is 1. The van der Waals surface area contributed by atoms with E-state index in [1.807, 2.05) is 32.3 Å². The SMILES string of the molecule is CN(CCCl)CCCl.CN(CCCl)CCCl.COC(=O)CS(=O)(=O)c1ccc(Oc2ccccc2)cc1. The maximum atomic E-state index is 11.9. The standard InChI is InChI=1S/C15H14O5S.2C5H11Cl2N/c1-19-15(16)11-21(17,18)14-9-7-13(8-10-14)20-12-5-3-2-4-6-12;2*1-8(4-2-6)5-3-7/h2-10H,11H2,1H3;2*2-5H2,1H3. The first-order valence-corrected chi connectivity index (χ1v) is 15.2. The molecule has 0 N–H and O–H groups in total. The minimum absolute atomic E-state index is 0.0494. The van der Waals surface area contributed by atoms with E-state index < -0.39 is 21.6 Å². The molecule has 12 heteroatoms. The van der Waals surface area contributed by atoms with Gasteiger partial charge in [-0.15, -0.1) is 46.4 Å². The number of esters is 1. The Balaban J connectivity index is 0.000000669. The van der Waals surface area contributed by atoms with Gasteiger partial charge in [0.2, 0.25) is 0 Å². The highest BCUT2D eigenvalue weighted by molar-refractivity contribution is 7.92. The molecule has 7 nitrogen and oxygen atoms in total. The summed E-state index contributed by atoms with van der Waals surface area (Å²) in [5.74, 6) is 2.45. The molecule has 0 spiro atoms. The van der Waals surface area contributed by atoms with Crippen LogP contribution in [0.25, 0.3) is 0 Å².